The van der Waals surface area contributed by atoms with Crippen LogP contribution in [-0.4, -0.2) is 25.9 Å². The van der Waals surface area contributed by atoms with Crippen LogP contribution in [0.2, 0.25) is 0 Å². The molecule has 2 rings (SSSR count). The lowest BCUT2D eigenvalue weighted by molar-refractivity contribution is -0.133. The molecule has 0 radical (unpaired) electrons. The summed E-state index contributed by atoms with van der Waals surface area (Å²) in [6.07, 6.45) is 1.58. The van der Waals surface area contributed by atoms with Gasteiger partial charge in [-0.05, 0) is 42.2 Å². The first-order valence-electron chi connectivity index (χ1n) is 8.46. The summed E-state index contributed by atoms with van der Waals surface area (Å²) in [4.78, 5) is 26.5. The van der Waals surface area contributed by atoms with Crippen molar-refractivity contribution in [1.29, 1.82) is 0 Å². The second-order valence-corrected chi connectivity index (χ2v) is 6.01. The molecule has 2 N–H and O–H groups in total. The fourth-order valence-corrected chi connectivity index (χ4v) is 2.62. The zero-order valence-corrected chi connectivity index (χ0v) is 15.2. The van der Waals surface area contributed by atoms with Crippen LogP contribution in [0.25, 0.3) is 0 Å². The van der Waals surface area contributed by atoms with Gasteiger partial charge in [-0.3, -0.25) is 9.59 Å². The fraction of sp³-hybridized carbons (Fsp3) is 0.300. The molecule has 0 aliphatic rings. The maximum Gasteiger partial charge on any atom is 0.314 e. The molecule has 25 heavy (non-hydrogen) atoms. The van der Waals surface area contributed by atoms with E-state index in [9.17, 15) is 9.59 Å². The van der Waals surface area contributed by atoms with E-state index >= 15 is 0 Å². The zero-order chi connectivity index (χ0) is 18.4. The van der Waals surface area contributed by atoms with Crippen molar-refractivity contribution < 1.29 is 9.59 Å². The van der Waals surface area contributed by atoms with Gasteiger partial charge in [-0.2, -0.15) is 0 Å². The van der Waals surface area contributed by atoms with Gasteiger partial charge >= 0.3 is 11.8 Å². The topological polar surface area (TPSA) is 61.4 Å². The van der Waals surface area contributed by atoms with Crippen LogP contribution in [-0.2, 0) is 22.4 Å². The van der Waals surface area contributed by atoms with E-state index in [1.807, 2.05) is 69.2 Å². The highest BCUT2D eigenvalue weighted by atomic mass is 16.2. The highest BCUT2D eigenvalue weighted by Gasteiger charge is 2.17. The third kappa shape index (κ3) is 4.59. The highest BCUT2D eigenvalue weighted by Crippen LogP contribution is 2.23. The molecule has 2 aromatic carbocycles. The first-order valence-corrected chi connectivity index (χ1v) is 8.46. The third-order valence-corrected chi connectivity index (χ3v) is 4.06. The Bertz CT molecular complexity index is 747. The predicted molar refractivity (Wildman–Crippen MR) is 103 cm³/mol. The molecule has 0 unspecified atom stereocenters. The molecule has 0 aliphatic carbocycles. The molecule has 0 aromatic heterocycles. The van der Waals surface area contributed by atoms with Crippen molar-refractivity contribution in [2.75, 3.05) is 29.6 Å². The Morgan fingerprint density at radius 3 is 2.00 bits per heavy atom. The average Bonchev–Trinajstić information content (AvgIpc) is 2.61. The molecule has 132 valence electrons. The van der Waals surface area contributed by atoms with Crippen molar-refractivity contribution in [1.82, 2.24) is 0 Å². The van der Waals surface area contributed by atoms with E-state index < -0.39 is 11.8 Å². The average molecular weight is 339 g/mol. The van der Waals surface area contributed by atoms with Crippen LogP contribution in [0.3, 0.4) is 0 Å². The molecule has 5 nitrogen and oxygen atoms in total. The van der Waals surface area contributed by atoms with Crippen molar-refractivity contribution in [2.45, 2.75) is 26.7 Å². The molecule has 5 heteroatoms. The number of hydrogen-bond acceptors (Lipinski definition) is 3. The number of benzene rings is 2. The van der Waals surface area contributed by atoms with E-state index in [0.29, 0.717) is 5.69 Å². The number of amides is 2. The summed E-state index contributed by atoms with van der Waals surface area (Å²) in [6.45, 7) is 4.05. The molecule has 0 heterocycles. The smallest absolute Gasteiger partial charge is 0.314 e. The second kappa shape index (κ2) is 8.33. The minimum atomic E-state index is -0.677. The van der Waals surface area contributed by atoms with Crippen molar-refractivity contribution >= 4 is 28.9 Å². The van der Waals surface area contributed by atoms with Gasteiger partial charge in [0.2, 0.25) is 0 Å². The summed E-state index contributed by atoms with van der Waals surface area (Å²) >= 11 is 0. The molecule has 0 saturated carbocycles. The normalized spacial score (nSPS) is 10.2. The Balaban J connectivity index is 2.14. The van der Waals surface area contributed by atoms with Crippen molar-refractivity contribution in [3.8, 4) is 0 Å². The Hall–Kier alpha value is -2.82. The Kier molecular flexibility index (Phi) is 6.17. The van der Waals surface area contributed by atoms with Crippen LogP contribution in [0, 0.1) is 0 Å². The fourth-order valence-electron chi connectivity index (χ4n) is 2.62. The number of anilines is 3. The van der Waals surface area contributed by atoms with E-state index in [4.69, 9.17) is 0 Å². The molecule has 2 amide bonds. The minimum Gasteiger partial charge on any atom is -0.378 e. The van der Waals surface area contributed by atoms with Crippen LogP contribution in [0.15, 0.2) is 42.5 Å². The number of carbonyl (C=O) groups excluding carboxylic acids is 2. The monoisotopic (exact) mass is 339 g/mol. The maximum absolute atomic E-state index is 12.3. The van der Waals surface area contributed by atoms with Crippen LogP contribution in [0.5, 0.6) is 0 Å². The summed E-state index contributed by atoms with van der Waals surface area (Å²) in [5.74, 6) is -1.34. The number of rotatable bonds is 5. The van der Waals surface area contributed by atoms with Gasteiger partial charge in [0.1, 0.15) is 0 Å². The maximum atomic E-state index is 12.3. The standard InChI is InChI=1S/C20H25N3O2/c1-5-14-9-7-10-15(6-2)18(14)22-20(25)19(24)21-16-11-8-12-17(13-16)23(3)4/h7-13H,5-6H2,1-4H3,(H,21,24)(H,22,25). The lowest BCUT2D eigenvalue weighted by Gasteiger charge is -2.15. The molecular weight excluding hydrogens is 314 g/mol. The summed E-state index contributed by atoms with van der Waals surface area (Å²) in [5, 5.41) is 5.43. The first-order chi connectivity index (χ1) is 12.0. The zero-order valence-electron chi connectivity index (χ0n) is 15.2. The van der Waals surface area contributed by atoms with Gasteiger partial charge in [0.25, 0.3) is 0 Å². The van der Waals surface area contributed by atoms with Gasteiger partial charge in [0, 0.05) is 31.2 Å². The summed E-state index contributed by atoms with van der Waals surface area (Å²) in [7, 11) is 3.84. The summed E-state index contributed by atoms with van der Waals surface area (Å²) < 4.78 is 0. The molecule has 0 bridgehead atoms. The molecule has 0 saturated heterocycles. The van der Waals surface area contributed by atoms with Crippen molar-refractivity contribution in [3.05, 3.63) is 53.6 Å². The molecule has 0 fully saturated rings. The minimum absolute atomic E-state index is 0.589. The Morgan fingerprint density at radius 2 is 1.44 bits per heavy atom. The van der Waals surface area contributed by atoms with Gasteiger partial charge in [-0.1, -0.05) is 38.1 Å². The van der Waals surface area contributed by atoms with Gasteiger partial charge in [0.05, 0.1) is 0 Å². The lowest BCUT2D eigenvalue weighted by Crippen LogP contribution is -2.30. The van der Waals surface area contributed by atoms with Crippen LogP contribution >= 0.6 is 0 Å². The molecule has 0 atom stereocenters. The lowest BCUT2D eigenvalue weighted by atomic mass is 10.0. The number of nitrogens with zero attached hydrogens (tertiary/aromatic N) is 1. The molecular formula is C20H25N3O2. The SMILES string of the molecule is CCc1cccc(CC)c1NC(=O)C(=O)Nc1cccc(N(C)C)c1. The van der Waals surface area contributed by atoms with Gasteiger partial charge in [-0.15, -0.1) is 0 Å². The Morgan fingerprint density at radius 1 is 0.880 bits per heavy atom. The van der Waals surface area contributed by atoms with E-state index in [2.05, 4.69) is 10.6 Å². The van der Waals surface area contributed by atoms with Crippen molar-refractivity contribution in [3.63, 3.8) is 0 Å². The Labute approximate surface area is 149 Å². The van der Waals surface area contributed by atoms with Crippen LogP contribution in [0.1, 0.15) is 25.0 Å². The van der Waals surface area contributed by atoms with E-state index in [-0.39, 0.29) is 0 Å². The van der Waals surface area contributed by atoms with E-state index in [0.717, 1.165) is 35.3 Å². The van der Waals surface area contributed by atoms with E-state index in [1.54, 1.807) is 6.07 Å². The number of hydrogen-bond donors (Lipinski definition) is 2. The second-order valence-electron chi connectivity index (χ2n) is 6.01. The highest BCUT2D eigenvalue weighted by molar-refractivity contribution is 6.43. The van der Waals surface area contributed by atoms with Gasteiger partial charge < -0.3 is 15.5 Å². The first kappa shape index (κ1) is 18.5. The number of para-hydroxylation sites is 1. The van der Waals surface area contributed by atoms with Gasteiger partial charge in [0.15, 0.2) is 0 Å². The summed E-state index contributed by atoms with van der Waals surface area (Å²) in [6, 6.07) is 13.3. The van der Waals surface area contributed by atoms with E-state index in [1.165, 1.54) is 0 Å². The largest absolute Gasteiger partial charge is 0.378 e. The molecule has 0 spiro atoms. The van der Waals surface area contributed by atoms with Crippen LogP contribution < -0.4 is 15.5 Å². The summed E-state index contributed by atoms with van der Waals surface area (Å²) in [5.41, 5.74) is 4.33. The van der Waals surface area contributed by atoms with Crippen LogP contribution in [0.4, 0.5) is 17.1 Å². The number of aryl methyl sites for hydroxylation is 2. The van der Waals surface area contributed by atoms with Gasteiger partial charge in [-0.25, -0.2) is 0 Å². The quantitative estimate of drug-likeness (QED) is 0.820. The number of carbonyl (C=O) groups is 2. The third-order valence-electron chi connectivity index (χ3n) is 4.06. The predicted octanol–water partition coefficient (Wildman–Crippen LogP) is 3.45. The molecule has 0 aliphatic heterocycles. The number of nitrogens with one attached hydrogen (secondary N) is 2. The van der Waals surface area contributed by atoms with Crippen molar-refractivity contribution in [2.24, 2.45) is 0 Å². The molecule has 2 aromatic rings.